The molecule has 0 aromatic heterocycles. The Labute approximate surface area is 175 Å². The van der Waals surface area contributed by atoms with Gasteiger partial charge in [0.25, 0.3) is 0 Å². The molecule has 0 aromatic carbocycles. The van der Waals surface area contributed by atoms with Gasteiger partial charge in [0, 0.05) is 53.4 Å². The minimum Gasteiger partial charge on any atom is -0.469 e. The number of methoxy groups -OCH3 is 2. The molecule has 0 amide bonds. The zero-order valence-corrected chi connectivity index (χ0v) is 18.8. The van der Waals surface area contributed by atoms with Crippen molar-refractivity contribution in [3.05, 3.63) is 0 Å². The number of likely N-dealkylation sites (tertiary alicyclic amines) is 1. The molecule has 0 saturated carbocycles. The molecule has 0 atom stereocenters. The van der Waals surface area contributed by atoms with Crippen molar-refractivity contribution in [2.45, 2.75) is 51.0 Å². The highest BCUT2D eigenvalue weighted by molar-refractivity contribution is 14.0. The van der Waals surface area contributed by atoms with Crippen molar-refractivity contribution in [3.8, 4) is 0 Å². The molecule has 7 nitrogen and oxygen atoms in total. The number of unbranched alkanes of at least 4 members (excludes halogenated alkanes) is 2. The second-order valence-corrected chi connectivity index (χ2v) is 6.26. The molecule has 0 spiro atoms. The van der Waals surface area contributed by atoms with Gasteiger partial charge in [-0.3, -0.25) is 9.79 Å². The molecule has 1 aliphatic rings. The second-order valence-electron chi connectivity index (χ2n) is 6.26. The van der Waals surface area contributed by atoms with Gasteiger partial charge in [-0.2, -0.15) is 0 Å². The zero-order chi connectivity index (χ0) is 18.3. The first-order valence-electron chi connectivity index (χ1n) is 9.34. The minimum atomic E-state index is -0.129. The van der Waals surface area contributed by atoms with Crippen LogP contribution in [-0.4, -0.2) is 77.0 Å². The lowest BCUT2D eigenvalue weighted by atomic mass is 10.1. The summed E-state index contributed by atoms with van der Waals surface area (Å²) < 4.78 is 15.6. The fourth-order valence-corrected chi connectivity index (χ4v) is 2.89. The van der Waals surface area contributed by atoms with Crippen molar-refractivity contribution in [1.82, 2.24) is 10.2 Å². The van der Waals surface area contributed by atoms with Crippen LogP contribution in [0.4, 0.5) is 0 Å². The number of piperidine rings is 1. The maximum absolute atomic E-state index is 11.1. The number of nitrogens with one attached hydrogen (secondary N) is 1. The van der Waals surface area contributed by atoms with E-state index in [9.17, 15) is 4.79 Å². The number of esters is 1. The number of nitrogens with zero attached hydrogens (tertiary/aromatic N) is 2. The molecule has 0 unspecified atom stereocenters. The summed E-state index contributed by atoms with van der Waals surface area (Å²) in [6.45, 7) is 4.35. The van der Waals surface area contributed by atoms with Crippen LogP contribution in [0, 0.1) is 0 Å². The van der Waals surface area contributed by atoms with Gasteiger partial charge in [-0.05, 0) is 32.1 Å². The fraction of sp³-hybridized carbons (Fsp3) is 0.889. The van der Waals surface area contributed by atoms with E-state index in [-0.39, 0.29) is 29.9 Å². The largest absolute Gasteiger partial charge is 0.469 e. The number of hydrogen-bond acceptors (Lipinski definition) is 5. The molecule has 1 aliphatic heterocycles. The standard InChI is InChI=1S/C18H35N3O4.HI/c1-19-18(20-11-6-4-5-8-17(22)24-3)21-12-9-16(10-13-21)25-15-7-14-23-2;/h16H,4-15H2,1-3H3,(H,19,20);1H. The van der Waals surface area contributed by atoms with Crippen molar-refractivity contribution in [2.24, 2.45) is 4.99 Å². The SMILES string of the molecule is CN=C(NCCCCCC(=O)OC)N1CCC(OCCCOC)CC1.I. The molecule has 0 aromatic rings. The number of guanidine groups is 1. The monoisotopic (exact) mass is 485 g/mol. The zero-order valence-electron chi connectivity index (χ0n) is 16.5. The lowest BCUT2D eigenvalue weighted by Gasteiger charge is -2.34. The van der Waals surface area contributed by atoms with Crippen molar-refractivity contribution in [3.63, 3.8) is 0 Å². The topological polar surface area (TPSA) is 72.4 Å². The summed E-state index contributed by atoms with van der Waals surface area (Å²) in [5.74, 6) is 0.835. The Balaban J connectivity index is 0.00000625. The molecule has 1 fully saturated rings. The van der Waals surface area contributed by atoms with Crippen LogP contribution in [0.5, 0.6) is 0 Å². The Hall–Kier alpha value is -0.610. The van der Waals surface area contributed by atoms with Crippen LogP contribution in [0.25, 0.3) is 0 Å². The number of hydrogen-bond donors (Lipinski definition) is 1. The van der Waals surface area contributed by atoms with E-state index in [1.165, 1.54) is 7.11 Å². The first-order chi connectivity index (χ1) is 12.2. The van der Waals surface area contributed by atoms with Crippen molar-refractivity contribution < 1.29 is 19.0 Å². The normalized spacial score (nSPS) is 15.5. The minimum absolute atomic E-state index is 0. The summed E-state index contributed by atoms with van der Waals surface area (Å²) >= 11 is 0. The molecule has 154 valence electrons. The van der Waals surface area contributed by atoms with Gasteiger partial charge in [0.05, 0.1) is 13.2 Å². The van der Waals surface area contributed by atoms with E-state index in [0.29, 0.717) is 12.5 Å². The second kappa shape index (κ2) is 16.6. The summed E-state index contributed by atoms with van der Waals surface area (Å²) in [4.78, 5) is 17.7. The molecule has 1 N–H and O–H groups in total. The third kappa shape index (κ3) is 11.2. The van der Waals surface area contributed by atoms with E-state index in [4.69, 9.17) is 9.47 Å². The third-order valence-corrected chi connectivity index (χ3v) is 4.37. The first kappa shape index (κ1) is 25.4. The highest BCUT2D eigenvalue weighted by Gasteiger charge is 2.21. The Bertz CT molecular complexity index is 389. The summed E-state index contributed by atoms with van der Waals surface area (Å²) in [7, 11) is 4.98. The van der Waals surface area contributed by atoms with E-state index in [2.05, 4.69) is 19.9 Å². The number of ether oxygens (including phenoxy) is 3. The summed E-state index contributed by atoms with van der Waals surface area (Å²) in [5.41, 5.74) is 0. The summed E-state index contributed by atoms with van der Waals surface area (Å²) in [6.07, 6.45) is 6.78. The predicted octanol–water partition coefficient (Wildman–Crippen LogP) is 2.43. The molecular weight excluding hydrogens is 449 g/mol. The van der Waals surface area contributed by atoms with Crippen LogP contribution in [0.15, 0.2) is 4.99 Å². The van der Waals surface area contributed by atoms with E-state index >= 15 is 0 Å². The van der Waals surface area contributed by atoms with Gasteiger partial charge in [-0.25, -0.2) is 0 Å². The Kier molecular flexibility index (Phi) is 16.2. The number of halogens is 1. The van der Waals surface area contributed by atoms with Crippen LogP contribution in [0.2, 0.25) is 0 Å². The predicted molar refractivity (Wildman–Crippen MR) is 114 cm³/mol. The maximum atomic E-state index is 11.1. The fourth-order valence-electron chi connectivity index (χ4n) is 2.89. The lowest BCUT2D eigenvalue weighted by molar-refractivity contribution is -0.140. The average molecular weight is 485 g/mol. The molecule has 8 heteroatoms. The highest BCUT2D eigenvalue weighted by atomic mass is 127. The van der Waals surface area contributed by atoms with Crippen LogP contribution >= 0.6 is 24.0 Å². The first-order valence-corrected chi connectivity index (χ1v) is 9.34. The van der Waals surface area contributed by atoms with Crippen LogP contribution in [-0.2, 0) is 19.0 Å². The number of carbonyl (C=O) groups is 1. The van der Waals surface area contributed by atoms with Crippen molar-refractivity contribution >= 4 is 35.9 Å². The van der Waals surface area contributed by atoms with Crippen molar-refractivity contribution in [2.75, 3.05) is 54.1 Å². The molecule has 1 heterocycles. The number of aliphatic imine (C=N–C) groups is 1. The number of carbonyl (C=O) groups excluding carboxylic acids is 1. The molecule has 0 bridgehead atoms. The van der Waals surface area contributed by atoms with E-state index < -0.39 is 0 Å². The number of rotatable bonds is 11. The molecule has 26 heavy (non-hydrogen) atoms. The maximum Gasteiger partial charge on any atom is 0.305 e. The van der Waals surface area contributed by atoms with Gasteiger partial charge in [0.1, 0.15) is 0 Å². The Morgan fingerprint density at radius 1 is 1.12 bits per heavy atom. The van der Waals surface area contributed by atoms with Crippen molar-refractivity contribution in [1.29, 1.82) is 0 Å². The van der Waals surface area contributed by atoms with E-state index in [0.717, 1.165) is 77.3 Å². The molecule has 0 radical (unpaired) electrons. The highest BCUT2D eigenvalue weighted by Crippen LogP contribution is 2.14. The van der Waals surface area contributed by atoms with Crippen LogP contribution in [0.3, 0.4) is 0 Å². The smallest absolute Gasteiger partial charge is 0.305 e. The summed E-state index contributed by atoms with van der Waals surface area (Å²) in [6, 6.07) is 0. The quantitative estimate of drug-likeness (QED) is 0.159. The lowest BCUT2D eigenvalue weighted by Crippen LogP contribution is -2.47. The van der Waals surface area contributed by atoms with Gasteiger partial charge in [0.2, 0.25) is 0 Å². The van der Waals surface area contributed by atoms with E-state index in [1.54, 1.807) is 7.11 Å². The van der Waals surface area contributed by atoms with Gasteiger partial charge >= 0.3 is 5.97 Å². The molecular formula is C18H36IN3O4. The van der Waals surface area contributed by atoms with Crippen LogP contribution in [0.1, 0.15) is 44.9 Å². The molecule has 1 saturated heterocycles. The van der Waals surface area contributed by atoms with Gasteiger partial charge in [0.15, 0.2) is 5.96 Å². The van der Waals surface area contributed by atoms with E-state index in [1.807, 2.05) is 7.05 Å². The molecule has 1 rings (SSSR count). The third-order valence-electron chi connectivity index (χ3n) is 4.37. The average Bonchev–Trinajstić information content (AvgIpc) is 2.65. The molecule has 0 aliphatic carbocycles. The Morgan fingerprint density at radius 3 is 2.46 bits per heavy atom. The van der Waals surface area contributed by atoms with Crippen LogP contribution < -0.4 is 5.32 Å². The van der Waals surface area contributed by atoms with Gasteiger partial charge in [-0.1, -0.05) is 6.42 Å². The van der Waals surface area contributed by atoms with Gasteiger partial charge in [-0.15, -0.1) is 24.0 Å². The summed E-state index contributed by atoms with van der Waals surface area (Å²) in [5, 5.41) is 3.42. The van der Waals surface area contributed by atoms with Gasteiger partial charge < -0.3 is 24.4 Å². The Morgan fingerprint density at radius 2 is 1.85 bits per heavy atom.